The van der Waals surface area contributed by atoms with Gasteiger partial charge in [-0.3, -0.25) is 20.4 Å². The van der Waals surface area contributed by atoms with Crippen LogP contribution < -0.4 is 10.9 Å². The first kappa shape index (κ1) is 17.6. The Bertz CT molecular complexity index is 1130. The SMILES string of the molecule is Cn1cc(C(=O)NNC(=O)Cc2ccc(-n3cccc3)cc2)c2ccccc21. The van der Waals surface area contributed by atoms with Gasteiger partial charge >= 0.3 is 0 Å². The van der Waals surface area contributed by atoms with Gasteiger partial charge in [0.05, 0.1) is 12.0 Å². The number of carbonyl (C=O) groups is 2. The molecular formula is C22H20N4O2. The minimum Gasteiger partial charge on any atom is -0.350 e. The van der Waals surface area contributed by atoms with Crippen LogP contribution in [0.1, 0.15) is 15.9 Å². The van der Waals surface area contributed by atoms with E-state index < -0.39 is 0 Å². The topological polar surface area (TPSA) is 68.1 Å². The number of nitrogens with one attached hydrogen (secondary N) is 2. The Morgan fingerprint density at radius 3 is 2.36 bits per heavy atom. The number of aryl methyl sites for hydroxylation is 1. The number of carbonyl (C=O) groups excluding carboxylic acids is 2. The van der Waals surface area contributed by atoms with Crippen LogP contribution in [0, 0.1) is 0 Å². The Morgan fingerprint density at radius 1 is 0.893 bits per heavy atom. The van der Waals surface area contributed by atoms with E-state index in [1.807, 2.05) is 89.2 Å². The van der Waals surface area contributed by atoms with Crippen LogP contribution in [-0.4, -0.2) is 20.9 Å². The standard InChI is InChI=1S/C22H20N4O2/c1-25-15-19(18-6-2-3-7-20(18)25)22(28)24-23-21(27)14-16-8-10-17(11-9-16)26-12-4-5-13-26/h2-13,15H,14H2,1H3,(H,23,27)(H,24,28). The van der Waals surface area contributed by atoms with E-state index in [9.17, 15) is 9.59 Å². The zero-order chi connectivity index (χ0) is 19.5. The average molecular weight is 372 g/mol. The fourth-order valence-corrected chi connectivity index (χ4v) is 3.24. The lowest BCUT2D eigenvalue weighted by Crippen LogP contribution is -2.42. The molecule has 0 atom stereocenters. The number of amides is 2. The second-order valence-corrected chi connectivity index (χ2v) is 6.61. The summed E-state index contributed by atoms with van der Waals surface area (Å²) in [5.41, 5.74) is 8.37. The molecule has 140 valence electrons. The summed E-state index contributed by atoms with van der Waals surface area (Å²) in [5, 5.41) is 0.845. The predicted octanol–water partition coefficient (Wildman–Crippen LogP) is 2.97. The molecular weight excluding hydrogens is 352 g/mol. The first-order valence-electron chi connectivity index (χ1n) is 8.97. The molecule has 0 radical (unpaired) electrons. The molecule has 4 rings (SSSR count). The Morgan fingerprint density at radius 2 is 1.61 bits per heavy atom. The average Bonchev–Trinajstić information content (AvgIpc) is 3.36. The fraction of sp³-hybridized carbons (Fsp3) is 0.0909. The highest BCUT2D eigenvalue weighted by atomic mass is 16.2. The van der Waals surface area contributed by atoms with Crippen molar-refractivity contribution in [1.29, 1.82) is 0 Å². The molecule has 0 aliphatic carbocycles. The van der Waals surface area contributed by atoms with Gasteiger partial charge in [0.2, 0.25) is 5.91 Å². The molecule has 2 N–H and O–H groups in total. The van der Waals surface area contributed by atoms with Crippen LogP contribution in [0.2, 0.25) is 0 Å². The predicted molar refractivity (Wildman–Crippen MR) is 108 cm³/mol. The molecule has 0 fully saturated rings. The Kier molecular flexibility index (Phi) is 4.68. The van der Waals surface area contributed by atoms with Crippen LogP contribution in [0.15, 0.2) is 79.3 Å². The van der Waals surface area contributed by atoms with Gasteiger partial charge in [0.1, 0.15) is 0 Å². The van der Waals surface area contributed by atoms with Crippen molar-refractivity contribution in [2.24, 2.45) is 7.05 Å². The number of rotatable bonds is 4. The van der Waals surface area contributed by atoms with Crippen LogP contribution in [-0.2, 0) is 18.3 Å². The number of nitrogens with zero attached hydrogens (tertiary/aromatic N) is 2. The lowest BCUT2D eigenvalue weighted by atomic mass is 10.1. The van der Waals surface area contributed by atoms with Crippen LogP contribution in [0.4, 0.5) is 0 Å². The highest BCUT2D eigenvalue weighted by Crippen LogP contribution is 2.19. The Labute approximate surface area is 162 Å². The van der Waals surface area contributed by atoms with Gasteiger partial charge in [-0.15, -0.1) is 0 Å². The third-order valence-corrected chi connectivity index (χ3v) is 4.66. The Balaban J connectivity index is 1.37. The van der Waals surface area contributed by atoms with Crippen molar-refractivity contribution >= 4 is 22.7 Å². The van der Waals surface area contributed by atoms with E-state index in [4.69, 9.17) is 0 Å². The lowest BCUT2D eigenvalue weighted by Gasteiger charge is -2.08. The second kappa shape index (κ2) is 7.44. The van der Waals surface area contributed by atoms with Crippen molar-refractivity contribution in [3.63, 3.8) is 0 Å². The van der Waals surface area contributed by atoms with Gasteiger partial charge in [-0.25, -0.2) is 0 Å². The molecule has 4 aromatic rings. The lowest BCUT2D eigenvalue weighted by molar-refractivity contribution is -0.121. The van der Waals surface area contributed by atoms with Crippen molar-refractivity contribution in [3.05, 3.63) is 90.4 Å². The third kappa shape index (κ3) is 3.53. The molecule has 2 aromatic carbocycles. The van der Waals surface area contributed by atoms with Crippen molar-refractivity contribution < 1.29 is 9.59 Å². The largest absolute Gasteiger partial charge is 0.350 e. The summed E-state index contributed by atoms with van der Waals surface area (Å²) in [5.74, 6) is -0.615. The van der Waals surface area contributed by atoms with E-state index in [0.29, 0.717) is 5.56 Å². The van der Waals surface area contributed by atoms with Gasteiger partial charge in [-0.05, 0) is 35.9 Å². The first-order chi connectivity index (χ1) is 13.6. The summed E-state index contributed by atoms with van der Waals surface area (Å²) in [4.78, 5) is 24.7. The number of benzene rings is 2. The van der Waals surface area contributed by atoms with Crippen molar-refractivity contribution in [2.75, 3.05) is 0 Å². The summed E-state index contributed by atoms with van der Waals surface area (Å²) < 4.78 is 3.88. The third-order valence-electron chi connectivity index (χ3n) is 4.66. The van der Waals surface area contributed by atoms with Gasteiger partial charge in [0.15, 0.2) is 0 Å². The van der Waals surface area contributed by atoms with Crippen molar-refractivity contribution in [3.8, 4) is 5.69 Å². The number of hydrogen-bond donors (Lipinski definition) is 2. The molecule has 0 spiro atoms. The van der Waals surface area contributed by atoms with Gasteiger partial charge in [-0.1, -0.05) is 30.3 Å². The monoisotopic (exact) mass is 372 g/mol. The highest BCUT2D eigenvalue weighted by molar-refractivity contribution is 6.07. The molecule has 28 heavy (non-hydrogen) atoms. The normalized spacial score (nSPS) is 10.8. The van der Waals surface area contributed by atoms with Gasteiger partial charge in [-0.2, -0.15) is 0 Å². The molecule has 0 saturated carbocycles. The van der Waals surface area contributed by atoms with Gasteiger partial charge < -0.3 is 9.13 Å². The van der Waals surface area contributed by atoms with Gasteiger partial charge in [0.25, 0.3) is 5.91 Å². The number of fused-ring (bicyclic) bond motifs is 1. The first-order valence-corrected chi connectivity index (χ1v) is 8.97. The van der Waals surface area contributed by atoms with Crippen LogP contribution in [0.25, 0.3) is 16.6 Å². The number of hydrazine groups is 1. The molecule has 2 heterocycles. The minimum atomic E-state index is -0.340. The second-order valence-electron chi connectivity index (χ2n) is 6.61. The minimum absolute atomic E-state index is 0.182. The molecule has 6 nitrogen and oxygen atoms in total. The molecule has 0 aliphatic heterocycles. The number of aromatic nitrogens is 2. The maximum Gasteiger partial charge on any atom is 0.271 e. The molecule has 0 aliphatic rings. The van der Waals surface area contributed by atoms with E-state index in [0.717, 1.165) is 22.2 Å². The molecule has 0 bridgehead atoms. The molecule has 2 amide bonds. The molecule has 0 saturated heterocycles. The van der Waals surface area contributed by atoms with Gasteiger partial charge in [0, 0.05) is 42.2 Å². The fourth-order valence-electron chi connectivity index (χ4n) is 3.24. The van der Waals surface area contributed by atoms with Crippen molar-refractivity contribution in [2.45, 2.75) is 6.42 Å². The maximum absolute atomic E-state index is 12.5. The summed E-state index contributed by atoms with van der Waals surface area (Å²) in [6.45, 7) is 0. The number of hydrogen-bond acceptors (Lipinski definition) is 2. The van der Waals surface area contributed by atoms with Crippen molar-refractivity contribution in [1.82, 2.24) is 20.0 Å². The highest BCUT2D eigenvalue weighted by Gasteiger charge is 2.14. The van der Waals surface area contributed by atoms with Crippen LogP contribution in [0.5, 0.6) is 0 Å². The van der Waals surface area contributed by atoms with E-state index in [1.165, 1.54) is 0 Å². The maximum atomic E-state index is 12.5. The quantitative estimate of drug-likeness (QED) is 0.541. The van der Waals surface area contributed by atoms with Crippen LogP contribution >= 0.6 is 0 Å². The molecule has 0 unspecified atom stereocenters. The van der Waals surface area contributed by atoms with Crippen LogP contribution in [0.3, 0.4) is 0 Å². The van der Waals surface area contributed by atoms with E-state index in [1.54, 1.807) is 6.20 Å². The summed E-state index contributed by atoms with van der Waals surface area (Å²) in [7, 11) is 1.88. The Hall–Kier alpha value is -3.80. The smallest absolute Gasteiger partial charge is 0.271 e. The zero-order valence-corrected chi connectivity index (χ0v) is 15.4. The summed E-state index contributed by atoms with van der Waals surface area (Å²) >= 11 is 0. The van der Waals surface area contributed by atoms with E-state index >= 15 is 0 Å². The van der Waals surface area contributed by atoms with E-state index in [-0.39, 0.29) is 18.2 Å². The molecule has 6 heteroatoms. The summed E-state index contributed by atoms with van der Waals surface area (Å²) in [6, 6.07) is 19.3. The zero-order valence-electron chi connectivity index (χ0n) is 15.4. The summed E-state index contributed by atoms with van der Waals surface area (Å²) in [6.07, 6.45) is 5.86. The molecule has 2 aromatic heterocycles. The number of para-hydroxylation sites is 1. The van der Waals surface area contributed by atoms with E-state index in [2.05, 4.69) is 10.9 Å².